The minimum absolute atomic E-state index is 0.293. The van der Waals surface area contributed by atoms with Gasteiger partial charge in [0, 0.05) is 44.0 Å². The van der Waals surface area contributed by atoms with Crippen molar-refractivity contribution in [1.29, 1.82) is 0 Å². The SMILES string of the molecule is C[C@@H]1CN(c2nnc(-c3cnn4ccc(N5CC[C@H]6C[C@]65c5cc(F)ccc5F)nc34)s2)CCN1C1COC1. The Hall–Kier alpha value is -3.22. The minimum atomic E-state index is -0.544. The van der Waals surface area contributed by atoms with Crippen LogP contribution in [0.3, 0.4) is 0 Å². The molecular weight excluding hydrogens is 522 g/mol. The second-order valence-corrected chi connectivity index (χ2v) is 12.1. The van der Waals surface area contributed by atoms with Gasteiger partial charge in [-0.1, -0.05) is 11.3 Å². The van der Waals surface area contributed by atoms with Crippen LogP contribution >= 0.6 is 11.3 Å². The van der Waals surface area contributed by atoms with Gasteiger partial charge in [-0.25, -0.2) is 18.3 Å². The van der Waals surface area contributed by atoms with Crippen LogP contribution in [-0.2, 0) is 10.3 Å². The molecule has 0 amide bonds. The highest BCUT2D eigenvalue weighted by molar-refractivity contribution is 7.18. The summed E-state index contributed by atoms with van der Waals surface area (Å²) in [4.78, 5) is 12.0. The van der Waals surface area contributed by atoms with Gasteiger partial charge in [0.2, 0.25) is 5.13 Å². The number of piperazine rings is 1. The van der Waals surface area contributed by atoms with Crippen LogP contribution < -0.4 is 9.80 Å². The molecule has 0 unspecified atom stereocenters. The summed E-state index contributed by atoms with van der Waals surface area (Å²) < 4.78 is 36.1. The van der Waals surface area contributed by atoms with Crippen molar-refractivity contribution in [3.63, 3.8) is 0 Å². The van der Waals surface area contributed by atoms with E-state index in [-0.39, 0.29) is 5.82 Å². The van der Waals surface area contributed by atoms with Gasteiger partial charge in [0.25, 0.3) is 0 Å². The van der Waals surface area contributed by atoms with Crippen molar-refractivity contribution in [3.8, 4) is 10.6 Å². The first-order valence-electron chi connectivity index (χ1n) is 13.5. The van der Waals surface area contributed by atoms with Crippen LogP contribution in [0.5, 0.6) is 0 Å². The fourth-order valence-corrected chi connectivity index (χ4v) is 7.70. The van der Waals surface area contributed by atoms with E-state index in [0.29, 0.717) is 29.2 Å². The van der Waals surface area contributed by atoms with Crippen LogP contribution in [0.2, 0.25) is 0 Å². The van der Waals surface area contributed by atoms with Gasteiger partial charge in [0.1, 0.15) is 17.5 Å². The lowest BCUT2D eigenvalue weighted by atomic mass is 10.0. The molecule has 4 fully saturated rings. The first kappa shape index (κ1) is 23.6. The number of piperidine rings is 1. The number of anilines is 2. The van der Waals surface area contributed by atoms with Crippen molar-refractivity contribution >= 4 is 27.9 Å². The van der Waals surface area contributed by atoms with Crippen molar-refractivity contribution in [3.05, 3.63) is 53.9 Å². The third-order valence-electron chi connectivity index (χ3n) is 8.97. The summed E-state index contributed by atoms with van der Waals surface area (Å²) >= 11 is 1.55. The maximum absolute atomic E-state index is 14.9. The van der Waals surface area contributed by atoms with Crippen molar-refractivity contribution in [2.24, 2.45) is 5.92 Å². The molecule has 1 aromatic carbocycles. The number of ether oxygens (including phenoxy) is 1. The number of halogens is 2. The molecule has 1 aliphatic carbocycles. The van der Waals surface area contributed by atoms with Crippen LogP contribution in [0.15, 0.2) is 36.7 Å². The van der Waals surface area contributed by atoms with Crippen LogP contribution in [-0.4, -0.2) is 81.2 Å². The Balaban J connectivity index is 1.09. The van der Waals surface area contributed by atoms with Crippen molar-refractivity contribution in [2.75, 3.05) is 49.2 Å². The Bertz CT molecular complexity index is 1570. The van der Waals surface area contributed by atoms with Gasteiger partial charge >= 0.3 is 0 Å². The second-order valence-electron chi connectivity index (χ2n) is 11.1. The fourth-order valence-electron chi connectivity index (χ4n) is 6.81. The molecule has 4 aliphatic rings. The normalized spacial score (nSPS) is 27.3. The summed E-state index contributed by atoms with van der Waals surface area (Å²) in [6.07, 6.45) is 5.37. The molecule has 3 saturated heterocycles. The van der Waals surface area contributed by atoms with Gasteiger partial charge in [0.15, 0.2) is 10.7 Å². The van der Waals surface area contributed by atoms with E-state index in [1.807, 2.05) is 12.3 Å². The molecule has 4 aromatic rings. The summed E-state index contributed by atoms with van der Waals surface area (Å²) in [5, 5.41) is 15.2. The number of benzene rings is 1. The molecule has 0 radical (unpaired) electrons. The zero-order chi connectivity index (χ0) is 26.3. The molecule has 39 heavy (non-hydrogen) atoms. The van der Waals surface area contributed by atoms with Crippen molar-refractivity contribution < 1.29 is 13.5 Å². The van der Waals surface area contributed by atoms with E-state index < -0.39 is 11.4 Å². The van der Waals surface area contributed by atoms with E-state index in [4.69, 9.17) is 9.72 Å². The van der Waals surface area contributed by atoms with Crippen molar-refractivity contribution in [1.82, 2.24) is 29.7 Å². The average Bonchev–Trinajstić information content (AvgIpc) is 3.25. The fraction of sp³-hybridized carbons (Fsp3) is 0.481. The molecular formula is C27H28F2N8OS. The largest absolute Gasteiger partial charge is 0.378 e. The van der Waals surface area contributed by atoms with Gasteiger partial charge in [-0.3, -0.25) is 4.90 Å². The Morgan fingerprint density at radius 2 is 2.00 bits per heavy atom. The highest BCUT2D eigenvalue weighted by atomic mass is 32.1. The highest BCUT2D eigenvalue weighted by Crippen LogP contribution is 2.63. The van der Waals surface area contributed by atoms with Crippen LogP contribution in [0.1, 0.15) is 25.3 Å². The average molecular weight is 551 g/mol. The molecule has 6 heterocycles. The molecule has 3 atom stereocenters. The predicted octanol–water partition coefficient (Wildman–Crippen LogP) is 3.56. The predicted molar refractivity (Wildman–Crippen MR) is 143 cm³/mol. The highest BCUT2D eigenvalue weighted by Gasteiger charge is 2.64. The summed E-state index contributed by atoms with van der Waals surface area (Å²) in [5.74, 6) is 0.248. The molecule has 202 valence electrons. The molecule has 12 heteroatoms. The smallest absolute Gasteiger partial charge is 0.208 e. The Labute approximate surface area is 228 Å². The van der Waals surface area contributed by atoms with Crippen LogP contribution in [0.4, 0.5) is 19.7 Å². The van der Waals surface area contributed by atoms with Gasteiger partial charge in [0.05, 0.1) is 36.6 Å². The summed E-state index contributed by atoms with van der Waals surface area (Å²) in [6.45, 7) is 7.44. The summed E-state index contributed by atoms with van der Waals surface area (Å²) in [7, 11) is 0. The summed E-state index contributed by atoms with van der Waals surface area (Å²) in [5.41, 5.74) is 1.38. The maximum Gasteiger partial charge on any atom is 0.208 e. The number of hydrogen-bond donors (Lipinski definition) is 0. The Morgan fingerprint density at radius 1 is 1.10 bits per heavy atom. The van der Waals surface area contributed by atoms with Gasteiger partial charge < -0.3 is 14.5 Å². The summed E-state index contributed by atoms with van der Waals surface area (Å²) in [6, 6.07) is 6.61. The Kier molecular flexibility index (Phi) is 5.24. The molecule has 9 nitrogen and oxygen atoms in total. The second kappa shape index (κ2) is 8.64. The zero-order valence-electron chi connectivity index (χ0n) is 21.5. The van der Waals surface area contributed by atoms with Crippen LogP contribution in [0.25, 0.3) is 16.2 Å². The molecule has 0 bridgehead atoms. The first-order chi connectivity index (χ1) is 19.0. The number of aromatic nitrogens is 5. The van der Waals surface area contributed by atoms with Gasteiger partial charge in [-0.2, -0.15) is 5.10 Å². The van der Waals surface area contributed by atoms with E-state index in [1.54, 1.807) is 22.0 Å². The van der Waals surface area contributed by atoms with E-state index in [9.17, 15) is 8.78 Å². The van der Waals surface area contributed by atoms with Crippen LogP contribution in [0, 0.1) is 17.6 Å². The van der Waals surface area contributed by atoms with E-state index >= 15 is 0 Å². The zero-order valence-corrected chi connectivity index (χ0v) is 22.3. The lowest BCUT2D eigenvalue weighted by molar-refractivity contribution is -0.0792. The Morgan fingerprint density at radius 3 is 2.79 bits per heavy atom. The topological polar surface area (TPSA) is 74.9 Å². The monoisotopic (exact) mass is 550 g/mol. The van der Waals surface area contributed by atoms with Gasteiger partial charge in [-0.05, 0) is 49.9 Å². The third-order valence-corrected chi connectivity index (χ3v) is 9.98. The van der Waals surface area contributed by atoms with E-state index in [1.165, 1.54) is 18.2 Å². The minimum Gasteiger partial charge on any atom is -0.378 e. The van der Waals surface area contributed by atoms with E-state index in [0.717, 1.165) is 73.8 Å². The number of fused-ring (bicyclic) bond motifs is 2. The molecule has 8 rings (SSSR count). The molecule has 0 N–H and O–H groups in total. The maximum atomic E-state index is 14.9. The lowest BCUT2D eigenvalue weighted by Gasteiger charge is -2.46. The lowest BCUT2D eigenvalue weighted by Crippen LogP contribution is -2.60. The van der Waals surface area contributed by atoms with Crippen molar-refractivity contribution in [2.45, 2.75) is 37.4 Å². The third kappa shape index (κ3) is 3.61. The van der Waals surface area contributed by atoms with Gasteiger partial charge in [-0.15, -0.1) is 10.2 Å². The molecule has 3 aromatic heterocycles. The quantitative estimate of drug-likeness (QED) is 0.374. The molecule has 0 spiro atoms. The number of rotatable bonds is 5. The number of hydrogen-bond acceptors (Lipinski definition) is 9. The first-order valence-corrected chi connectivity index (χ1v) is 14.3. The standard InChI is InChI=1S/C27H28F2N8OS/c1-16-13-34(8-9-35(16)19-14-38-15-19)26-33-32-25(39-26)20-12-30-37-7-5-23(31-24(20)37)36-6-4-17-11-27(17,36)21-10-18(28)2-3-22(21)29/h2-3,5,7,10,12,16-17,19H,4,6,8-9,11,13-15H2,1H3/t16-,17+,27-/m1/s1. The molecule has 1 saturated carbocycles. The van der Waals surface area contributed by atoms with E-state index in [2.05, 4.69) is 36.9 Å². The molecule has 3 aliphatic heterocycles. The number of nitrogens with zero attached hydrogens (tertiary/aromatic N) is 8.